The van der Waals surface area contributed by atoms with Crippen molar-refractivity contribution in [2.45, 2.75) is 6.92 Å². The van der Waals surface area contributed by atoms with Crippen LogP contribution >= 0.6 is 0 Å². The number of nitrogens with one attached hydrogen (secondary N) is 1. The molecule has 0 saturated carbocycles. The number of hydrogen-bond donors (Lipinski definition) is 1. The fourth-order valence-electron chi connectivity index (χ4n) is 1.90. The minimum atomic E-state index is -0.492. The minimum absolute atomic E-state index is 0.0230. The van der Waals surface area contributed by atoms with E-state index < -0.39 is 10.8 Å². The van der Waals surface area contributed by atoms with Gasteiger partial charge in [0.25, 0.3) is 11.6 Å². The van der Waals surface area contributed by atoms with Crippen LogP contribution in [-0.2, 0) is 4.79 Å². The molecule has 0 bridgehead atoms. The lowest BCUT2D eigenvalue weighted by molar-refractivity contribution is -0.384. The second kappa shape index (κ2) is 8.21. The maximum atomic E-state index is 11.8. The van der Waals surface area contributed by atoms with Crippen molar-refractivity contribution < 1.29 is 14.5 Å². The third-order valence-corrected chi connectivity index (χ3v) is 3.21. The average molecular weight is 338 g/mol. The van der Waals surface area contributed by atoms with Crippen LogP contribution in [0.2, 0.25) is 0 Å². The largest absolute Gasteiger partial charge is 0.482 e. The van der Waals surface area contributed by atoms with E-state index in [0.29, 0.717) is 22.6 Å². The van der Waals surface area contributed by atoms with Gasteiger partial charge in [0, 0.05) is 12.1 Å². The average Bonchev–Trinajstić information content (AvgIpc) is 2.64. The molecule has 0 aliphatic heterocycles. The number of rotatable bonds is 6. The fraction of sp³-hybridized carbons (Fsp3) is 0.118. The van der Waals surface area contributed by atoms with E-state index >= 15 is 0 Å². The highest BCUT2D eigenvalue weighted by Crippen LogP contribution is 2.16. The van der Waals surface area contributed by atoms with Crippen LogP contribution in [0.15, 0.2) is 53.6 Å². The van der Waals surface area contributed by atoms with Gasteiger partial charge in [0.15, 0.2) is 6.61 Å². The van der Waals surface area contributed by atoms with Crippen LogP contribution in [-0.4, -0.2) is 23.1 Å². The number of para-hydroxylation sites is 1. The van der Waals surface area contributed by atoms with Crippen molar-refractivity contribution in [3.63, 3.8) is 0 Å². The lowest BCUT2D eigenvalue weighted by Crippen LogP contribution is -2.25. The molecular weight excluding hydrogens is 324 g/mol. The third-order valence-electron chi connectivity index (χ3n) is 3.21. The summed E-state index contributed by atoms with van der Waals surface area (Å²) in [5.41, 5.74) is 3.77. The van der Waals surface area contributed by atoms with Gasteiger partial charge in [-0.1, -0.05) is 12.1 Å². The summed E-state index contributed by atoms with van der Waals surface area (Å²) in [6.07, 6.45) is 0. The van der Waals surface area contributed by atoms with E-state index in [1.54, 1.807) is 43.3 Å². The minimum Gasteiger partial charge on any atom is -0.482 e. The normalized spacial score (nSPS) is 10.6. The molecule has 8 heteroatoms. The van der Waals surface area contributed by atoms with Crippen molar-refractivity contribution in [1.29, 1.82) is 5.26 Å². The molecule has 2 aromatic carbocycles. The van der Waals surface area contributed by atoms with Gasteiger partial charge in [-0.3, -0.25) is 14.9 Å². The molecule has 1 amide bonds. The van der Waals surface area contributed by atoms with Crippen molar-refractivity contribution in [3.8, 4) is 11.8 Å². The Morgan fingerprint density at radius 1 is 1.28 bits per heavy atom. The van der Waals surface area contributed by atoms with Gasteiger partial charge in [0.2, 0.25) is 0 Å². The van der Waals surface area contributed by atoms with Gasteiger partial charge in [-0.25, -0.2) is 5.43 Å². The summed E-state index contributed by atoms with van der Waals surface area (Å²) in [6, 6.07) is 14.4. The number of carbonyl (C=O) groups excluding carboxylic acids is 1. The summed E-state index contributed by atoms with van der Waals surface area (Å²) in [4.78, 5) is 21.9. The Morgan fingerprint density at radius 2 is 1.96 bits per heavy atom. The number of carbonyl (C=O) groups is 1. The van der Waals surface area contributed by atoms with Crippen molar-refractivity contribution >= 4 is 17.3 Å². The molecule has 126 valence electrons. The number of hydrazone groups is 1. The zero-order valence-electron chi connectivity index (χ0n) is 13.3. The maximum absolute atomic E-state index is 11.8. The van der Waals surface area contributed by atoms with E-state index in [9.17, 15) is 14.9 Å². The summed E-state index contributed by atoms with van der Waals surface area (Å²) in [5.74, 6) is -0.176. The first kappa shape index (κ1) is 17.6. The van der Waals surface area contributed by atoms with Crippen molar-refractivity contribution in [2.75, 3.05) is 6.61 Å². The number of hydrogen-bond acceptors (Lipinski definition) is 6. The number of benzene rings is 2. The first-order valence-corrected chi connectivity index (χ1v) is 7.21. The second-order valence-corrected chi connectivity index (χ2v) is 4.93. The zero-order chi connectivity index (χ0) is 18.2. The van der Waals surface area contributed by atoms with E-state index in [2.05, 4.69) is 10.5 Å². The molecule has 0 fully saturated rings. The summed E-state index contributed by atoms with van der Waals surface area (Å²) < 4.78 is 5.29. The molecule has 0 aliphatic rings. The Bertz CT molecular complexity index is 854. The summed E-state index contributed by atoms with van der Waals surface area (Å²) in [7, 11) is 0. The molecule has 25 heavy (non-hydrogen) atoms. The van der Waals surface area contributed by atoms with Gasteiger partial charge in [0.05, 0.1) is 16.2 Å². The predicted molar refractivity (Wildman–Crippen MR) is 90.1 cm³/mol. The molecule has 0 aliphatic carbocycles. The first-order valence-electron chi connectivity index (χ1n) is 7.21. The van der Waals surface area contributed by atoms with Crippen molar-refractivity contribution in [3.05, 3.63) is 69.8 Å². The molecule has 1 N–H and O–H groups in total. The molecule has 2 aromatic rings. The van der Waals surface area contributed by atoms with Crippen molar-refractivity contribution in [1.82, 2.24) is 5.43 Å². The monoisotopic (exact) mass is 338 g/mol. The van der Waals surface area contributed by atoms with Gasteiger partial charge >= 0.3 is 0 Å². The van der Waals surface area contributed by atoms with E-state index in [0.717, 1.165) is 0 Å². The zero-order valence-corrected chi connectivity index (χ0v) is 13.3. The van der Waals surface area contributed by atoms with Crippen LogP contribution in [0.1, 0.15) is 18.1 Å². The highest BCUT2D eigenvalue weighted by atomic mass is 16.6. The maximum Gasteiger partial charge on any atom is 0.277 e. The number of nitro benzene ring substituents is 1. The smallest absolute Gasteiger partial charge is 0.277 e. The molecule has 0 spiro atoms. The lowest BCUT2D eigenvalue weighted by Gasteiger charge is -2.07. The Hall–Kier alpha value is -3.73. The van der Waals surface area contributed by atoms with Gasteiger partial charge in [-0.15, -0.1) is 0 Å². The van der Waals surface area contributed by atoms with Gasteiger partial charge in [-0.05, 0) is 36.8 Å². The number of nitro groups is 1. The molecular formula is C17H14N4O4. The van der Waals surface area contributed by atoms with Crippen LogP contribution in [0.3, 0.4) is 0 Å². The number of amides is 1. The van der Waals surface area contributed by atoms with Crippen LogP contribution in [0, 0.1) is 21.4 Å². The SMILES string of the molecule is CC(=NNC(=O)COc1ccccc1C#N)c1ccc([N+](=O)[O-])cc1. The van der Waals surface area contributed by atoms with Gasteiger partial charge in [-0.2, -0.15) is 10.4 Å². The quantitative estimate of drug-likeness (QED) is 0.493. The van der Waals surface area contributed by atoms with E-state index in [4.69, 9.17) is 10.00 Å². The predicted octanol–water partition coefficient (Wildman–Crippen LogP) is 2.39. The van der Waals surface area contributed by atoms with Crippen LogP contribution in [0.25, 0.3) is 0 Å². The highest BCUT2D eigenvalue weighted by molar-refractivity contribution is 5.99. The highest BCUT2D eigenvalue weighted by Gasteiger charge is 2.07. The second-order valence-electron chi connectivity index (χ2n) is 4.93. The van der Waals surface area contributed by atoms with Gasteiger partial charge in [0.1, 0.15) is 11.8 Å². The number of nitrogens with zero attached hydrogens (tertiary/aromatic N) is 3. The van der Waals surface area contributed by atoms with Crippen LogP contribution < -0.4 is 10.2 Å². The molecule has 0 atom stereocenters. The first-order chi connectivity index (χ1) is 12.0. The van der Waals surface area contributed by atoms with Crippen molar-refractivity contribution in [2.24, 2.45) is 5.10 Å². The molecule has 0 radical (unpaired) electrons. The Labute approximate surface area is 143 Å². The van der Waals surface area contributed by atoms with E-state index in [1.165, 1.54) is 12.1 Å². The Balaban J connectivity index is 1.93. The molecule has 2 rings (SSSR count). The Kier molecular flexibility index (Phi) is 5.79. The number of ether oxygens (including phenoxy) is 1. The topological polar surface area (TPSA) is 118 Å². The van der Waals surface area contributed by atoms with E-state index in [1.807, 2.05) is 6.07 Å². The summed E-state index contributed by atoms with van der Waals surface area (Å²) in [5, 5.41) is 23.5. The van der Waals surface area contributed by atoms with E-state index in [-0.39, 0.29) is 12.3 Å². The van der Waals surface area contributed by atoms with Crippen LogP contribution in [0.5, 0.6) is 5.75 Å². The summed E-state index contributed by atoms with van der Waals surface area (Å²) >= 11 is 0. The standard InChI is InChI=1S/C17H14N4O4/c1-12(13-6-8-15(9-7-13)21(23)24)19-20-17(22)11-25-16-5-3-2-4-14(16)10-18/h2-9H,11H2,1H3,(H,20,22). The summed E-state index contributed by atoms with van der Waals surface area (Å²) in [6.45, 7) is 1.36. The van der Waals surface area contributed by atoms with Crippen LogP contribution in [0.4, 0.5) is 5.69 Å². The Morgan fingerprint density at radius 3 is 2.60 bits per heavy atom. The molecule has 0 unspecified atom stereocenters. The molecule has 0 heterocycles. The molecule has 0 aromatic heterocycles. The molecule has 8 nitrogen and oxygen atoms in total. The lowest BCUT2D eigenvalue weighted by atomic mass is 10.1. The molecule has 0 saturated heterocycles. The number of nitriles is 1. The fourth-order valence-corrected chi connectivity index (χ4v) is 1.90. The number of non-ortho nitro benzene ring substituents is 1. The van der Waals surface area contributed by atoms with Gasteiger partial charge < -0.3 is 4.74 Å². The third kappa shape index (κ3) is 4.87.